The van der Waals surface area contributed by atoms with E-state index in [1.165, 1.54) is 0 Å². The monoisotopic (exact) mass is 347 g/mol. The Hall–Kier alpha value is -2.04. The number of rotatable bonds is 6. The molecule has 25 heavy (non-hydrogen) atoms. The van der Waals surface area contributed by atoms with Crippen molar-refractivity contribution in [2.75, 3.05) is 19.7 Å². The van der Waals surface area contributed by atoms with Gasteiger partial charge in [-0.3, -0.25) is 9.59 Å². The summed E-state index contributed by atoms with van der Waals surface area (Å²) >= 11 is 0. The van der Waals surface area contributed by atoms with Crippen LogP contribution in [0.3, 0.4) is 0 Å². The zero-order chi connectivity index (χ0) is 18.4. The molecule has 0 radical (unpaired) electrons. The van der Waals surface area contributed by atoms with Crippen molar-refractivity contribution < 1.29 is 19.1 Å². The summed E-state index contributed by atoms with van der Waals surface area (Å²) in [4.78, 5) is 26.4. The minimum absolute atomic E-state index is 0.00367. The Morgan fingerprint density at radius 1 is 1.12 bits per heavy atom. The molecule has 1 atom stereocenters. The molecule has 0 spiro atoms. The first-order chi connectivity index (χ1) is 11.9. The smallest absolute Gasteiger partial charge is 0.309 e. The highest BCUT2D eigenvalue weighted by Gasteiger charge is 2.31. The second kappa shape index (κ2) is 8.88. The highest BCUT2D eigenvalue weighted by Crippen LogP contribution is 2.22. The number of benzene rings is 1. The van der Waals surface area contributed by atoms with Crippen LogP contribution in [-0.2, 0) is 14.3 Å². The fourth-order valence-electron chi connectivity index (χ4n) is 3.27. The van der Waals surface area contributed by atoms with Crippen LogP contribution in [0, 0.1) is 19.8 Å². The van der Waals surface area contributed by atoms with Gasteiger partial charge in [0.1, 0.15) is 5.75 Å². The standard InChI is InChI=1S/C20H29NO4/c1-5-18(25-17-12-14(3)11-15(4)13-17)19(22)21-9-7-16(8-10-21)20(23)24-6-2/h11-13,16,18H,5-10H2,1-4H3. The van der Waals surface area contributed by atoms with Crippen LogP contribution in [-0.4, -0.2) is 42.6 Å². The molecule has 5 heteroatoms. The van der Waals surface area contributed by atoms with Crippen molar-refractivity contribution in [2.24, 2.45) is 5.92 Å². The Labute approximate surface area is 150 Å². The van der Waals surface area contributed by atoms with Gasteiger partial charge in [0.05, 0.1) is 12.5 Å². The highest BCUT2D eigenvalue weighted by atomic mass is 16.5. The number of nitrogens with zero attached hydrogens (tertiary/aromatic N) is 1. The van der Waals surface area contributed by atoms with E-state index in [9.17, 15) is 9.59 Å². The van der Waals surface area contributed by atoms with Crippen LogP contribution >= 0.6 is 0 Å². The van der Waals surface area contributed by atoms with Crippen molar-refractivity contribution in [3.05, 3.63) is 29.3 Å². The Morgan fingerprint density at radius 2 is 1.72 bits per heavy atom. The first-order valence-corrected chi connectivity index (χ1v) is 9.15. The lowest BCUT2D eigenvalue weighted by atomic mass is 9.96. The molecule has 1 amide bonds. The lowest BCUT2D eigenvalue weighted by molar-refractivity contribution is -0.152. The molecule has 138 valence electrons. The number of ether oxygens (including phenoxy) is 2. The van der Waals surface area contributed by atoms with Crippen LogP contribution in [0.1, 0.15) is 44.2 Å². The number of aryl methyl sites for hydroxylation is 2. The van der Waals surface area contributed by atoms with Crippen molar-refractivity contribution in [3.8, 4) is 5.75 Å². The Balaban J connectivity index is 1.95. The first-order valence-electron chi connectivity index (χ1n) is 9.15. The molecule has 1 fully saturated rings. The number of carbonyl (C=O) groups excluding carboxylic acids is 2. The molecule has 1 aliphatic rings. The zero-order valence-electron chi connectivity index (χ0n) is 15.7. The average Bonchev–Trinajstić information content (AvgIpc) is 2.58. The van der Waals surface area contributed by atoms with Gasteiger partial charge in [-0.2, -0.15) is 0 Å². The molecule has 0 N–H and O–H groups in total. The molecular weight excluding hydrogens is 318 g/mol. The molecule has 1 unspecified atom stereocenters. The van der Waals surface area contributed by atoms with Gasteiger partial charge < -0.3 is 14.4 Å². The van der Waals surface area contributed by atoms with E-state index in [-0.39, 0.29) is 17.8 Å². The summed E-state index contributed by atoms with van der Waals surface area (Å²) < 4.78 is 11.1. The normalized spacial score (nSPS) is 16.4. The number of carbonyl (C=O) groups is 2. The Morgan fingerprint density at radius 3 is 2.24 bits per heavy atom. The lowest BCUT2D eigenvalue weighted by Gasteiger charge is -2.33. The SMILES string of the molecule is CCOC(=O)C1CCN(C(=O)C(CC)Oc2cc(C)cc(C)c2)CC1. The van der Waals surface area contributed by atoms with Crippen LogP contribution in [0.5, 0.6) is 5.75 Å². The number of piperidine rings is 1. The molecule has 0 aromatic heterocycles. The van der Waals surface area contributed by atoms with Crippen LogP contribution in [0.4, 0.5) is 0 Å². The van der Waals surface area contributed by atoms with E-state index >= 15 is 0 Å². The summed E-state index contributed by atoms with van der Waals surface area (Å²) in [6, 6.07) is 5.99. The molecule has 0 bridgehead atoms. The summed E-state index contributed by atoms with van der Waals surface area (Å²) in [5.74, 6) is 0.501. The minimum atomic E-state index is -0.486. The maximum atomic E-state index is 12.8. The van der Waals surface area contributed by atoms with Gasteiger partial charge in [0.2, 0.25) is 0 Å². The predicted octanol–water partition coefficient (Wildman–Crippen LogP) is 3.26. The second-order valence-electron chi connectivity index (χ2n) is 6.69. The quantitative estimate of drug-likeness (QED) is 0.741. The fourth-order valence-corrected chi connectivity index (χ4v) is 3.27. The second-order valence-corrected chi connectivity index (χ2v) is 6.69. The molecule has 2 rings (SSSR count). The molecule has 0 saturated carbocycles. The minimum Gasteiger partial charge on any atom is -0.481 e. The lowest BCUT2D eigenvalue weighted by Crippen LogP contribution is -2.46. The van der Waals surface area contributed by atoms with E-state index in [1.807, 2.05) is 44.7 Å². The maximum Gasteiger partial charge on any atom is 0.309 e. The first kappa shape index (κ1) is 19.3. The molecule has 1 aliphatic heterocycles. The van der Waals surface area contributed by atoms with Crippen LogP contribution in [0.25, 0.3) is 0 Å². The van der Waals surface area contributed by atoms with Gasteiger partial charge in [-0.05, 0) is 63.3 Å². The van der Waals surface area contributed by atoms with Gasteiger partial charge in [0.15, 0.2) is 6.10 Å². The third-order valence-electron chi connectivity index (χ3n) is 4.55. The van der Waals surface area contributed by atoms with E-state index in [1.54, 1.807) is 0 Å². The molecule has 1 heterocycles. The number of amides is 1. The molecule has 1 saturated heterocycles. The maximum absolute atomic E-state index is 12.8. The highest BCUT2D eigenvalue weighted by molar-refractivity contribution is 5.81. The third kappa shape index (κ3) is 5.21. The molecular formula is C20H29NO4. The van der Waals surface area contributed by atoms with Gasteiger partial charge in [-0.25, -0.2) is 0 Å². The Bertz CT molecular complexity index is 585. The van der Waals surface area contributed by atoms with Crippen LogP contribution < -0.4 is 4.74 Å². The molecule has 1 aromatic rings. The van der Waals surface area contributed by atoms with E-state index in [0.717, 1.165) is 16.9 Å². The molecule has 1 aromatic carbocycles. The summed E-state index contributed by atoms with van der Waals surface area (Å²) in [5.41, 5.74) is 2.24. The van der Waals surface area contributed by atoms with Crippen molar-refractivity contribution in [1.29, 1.82) is 0 Å². The van der Waals surface area contributed by atoms with Gasteiger partial charge >= 0.3 is 5.97 Å². The summed E-state index contributed by atoms with van der Waals surface area (Å²) in [7, 11) is 0. The number of esters is 1. The molecule has 5 nitrogen and oxygen atoms in total. The number of hydrogen-bond donors (Lipinski definition) is 0. The van der Waals surface area contributed by atoms with E-state index in [0.29, 0.717) is 39.0 Å². The molecule has 0 aliphatic carbocycles. The van der Waals surface area contributed by atoms with Crippen molar-refractivity contribution in [1.82, 2.24) is 4.90 Å². The number of likely N-dealkylation sites (tertiary alicyclic amines) is 1. The number of hydrogen-bond acceptors (Lipinski definition) is 4. The summed E-state index contributed by atoms with van der Waals surface area (Å²) in [5, 5.41) is 0. The van der Waals surface area contributed by atoms with Gasteiger partial charge in [0, 0.05) is 13.1 Å². The van der Waals surface area contributed by atoms with Gasteiger partial charge in [-0.15, -0.1) is 0 Å². The largest absolute Gasteiger partial charge is 0.481 e. The third-order valence-corrected chi connectivity index (χ3v) is 4.55. The van der Waals surface area contributed by atoms with E-state index in [2.05, 4.69) is 6.07 Å². The van der Waals surface area contributed by atoms with E-state index in [4.69, 9.17) is 9.47 Å². The fraction of sp³-hybridized carbons (Fsp3) is 0.600. The van der Waals surface area contributed by atoms with Crippen molar-refractivity contribution >= 4 is 11.9 Å². The van der Waals surface area contributed by atoms with Gasteiger partial charge in [0.25, 0.3) is 5.91 Å². The summed E-state index contributed by atoms with van der Waals surface area (Å²) in [6.07, 6.45) is 1.44. The summed E-state index contributed by atoms with van der Waals surface area (Å²) in [6.45, 7) is 9.36. The average molecular weight is 347 g/mol. The van der Waals surface area contributed by atoms with Crippen LogP contribution in [0.2, 0.25) is 0 Å². The topological polar surface area (TPSA) is 55.8 Å². The van der Waals surface area contributed by atoms with Crippen molar-refractivity contribution in [3.63, 3.8) is 0 Å². The van der Waals surface area contributed by atoms with Gasteiger partial charge in [-0.1, -0.05) is 13.0 Å². The Kier molecular flexibility index (Phi) is 6.85. The van der Waals surface area contributed by atoms with Crippen molar-refractivity contribution in [2.45, 2.75) is 53.1 Å². The predicted molar refractivity (Wildman–Crippen MR) is 96.6 cm³/mol. The zero-order valence-corrected chi connectivity index (χ0v) is 15.7. The van der Waals surface area contributed by atoms with E-state index < -0.39 is 6.10 Å². The van der Waals surface area contributed by atoms with Crippen LogP contribution in [0.15, 0.2) is 18.2 Å².